The number of aromatic nitrogens is 5. The van der Waals surface area contributed by atoms with Gasteiger partial charge in [0.15, 0.2) is 5.76 Å². The van der Waals surface area contributed by atoms with Gasteiger partial charge < -0.3 is 25.4 Å². The predicted octanol–water partition coefficient (Wildman–Crippen LogP) is 3.48. The Hall–Kier alpha value is -3.99. The van der Waals surface area contributed by atoms with Crippen LogP contribution < -0.4 is 16.0 Å². The molecule has 0 spiro atoms. The standard InChI is InChI=1S/C25H28FN9O/c1-34-8-10-35(11-9-34)24-22(21-13-19(31-32-21)15-2-3-15)23(27)29-25(30-24)28-14-18-12-20(33-36-18)16-4-6-17(26)7-5-16/h4-7,12-13,15H,2-3,8-11,14H2,1H3,(H,31,32)(H3,27,28,29,30). The molecule has 10 nitrogen and oxygen atoms in total. The van der Waals surface area contributed by atoms with Crippen molar-refractivity contribution in [1.82, 2.24) is 30.2 Å². The van der Waals surface area contributed by atoms with Gasteiger partial charge in [-0.25, -0.2) is 4.39 Å². The van der Waals surface area contributed by atoms with E-state index in [0.29, 0.717) is 35.7 Å². The molecule has 6 rings (SSSR count). The van der Waals surface area contributed by atoms with Crippen LogP contribution in [-0.2, 0) is 6.54 Å². The van der Waals surface area contributed by atoms with Crippen molar-refractivity contribution in [3.8, 4) is 22.5 Å². The van der Waals surface area contributed by atoms with Gasteiger partial charge >= 0.3 is 0 Å². The number of piperazine rings is 1. The average Bonchev–Trinajstić information content (AvgIpc) is 3.42. The molecular weight excluding hydrogens is 461 g/mol. The Morgan fingerprint density at radius 3 is 2.64 bits per heavy atom. The summed E-state index contributed by atoms with van der Waals surface area (Å²) in [5.74, 6) is 2.42. The molecule has 1 saturated carbocycles. The molecule has 2 fully saturated rings. The van der Waals surface area contributed by atoms with Crippen LogP contribution >= 0.6 is 0 Å². The third-order valence-electron chi connectivity index (χ3n) is 6.70. The van der Waals surface area contributed by atoms with Crippen molar-refractivity contribution in [2.24, 2.45) is 0 Å². The number of anilines is 3. The van der Waals surface area contributed by atoms with E-state index in [9.17, 15) is 4.39 Å². The normalized spacial score (nSPS) is 16.4. The largest absolute Gasteiger partial charge is 0.383 e. The highest BCUT2D eigenvalue weighted by Crippen LogP contribution is 2.41. The van der Waals surface area contributed by atoms with E-state index in [1.807, 2.05) is 6.07 Å². The number of nitrogen functional groups attached to an aromatic ring is 1. The van der Waals surface area contributed by atoms with Crippen LogP contribution in [0.1, 0.15) is 30.2 Å². The number of benzene rings is 1. The average molecular weight is 490 g/mol. The summed E-state index contributed by atoms with van der Waals surface area (Å²) in [6.45, 7) is 3.88. The Morgan fingerprint density at radius 2 is 1.89 bits per heavy atom. The van der Waals surface area contributed by atoms with E-state index in [2.05, 4.69) is 48.6 Å². The minimum absolute atomic E-state index is 0.294. The molecule has 0 amide bonds. The molecule has 1 aliphatic heterocycles. The lowest BCUT2D eigenvalue weighted by Crippen LogP contribution is -2.45. The molecule has 36 heavy (non-hydrogen) atoms. The number of aromatic amines is 1. The number of likely N-dealkylation sites (N-methyl/N-ethyl adjacent to an activating group) is 1. The summed E-state index contributed by atoms with van der Waals surface area (Å²) < 4.78 is 18.7. The van der Waals surface area contributed by atoms with Gasteiger partial charge in [0, 0.05) is 43.7 Å². The quantitative estimate of drug-likeness (QED) is 0.358. The summed E-state index contributed by atoms with van der Waals surface area (Å²) in [7, 11) is 2.12. The number of nitrogens with one attached hydrogen (secondary N) is 2. The van der Waals surface area contributed by atoms with E-state index in [-0.39, 0.29) is 5.82 Å². The molecule has 4 aromatic rings. The van der Waals surface area contributed by atoms with Crippen LogP contribution in [0.15, 0.2) is 40.9 Å². The molecule has 4 N–H and O–H groups in total. The topological polar surface area (TPSA) is 125 Å². The Morgan fingerprint density at radius 1 is 1.11 bits per heavy atom. The smallest absolute Gasteiger partial charge is 0.227 e. The number of nitrogens with zero attached hydrogens (tertiary/aromatic N) is 6. The van der Waals surface area contributed by atoms with E-state index in [4.69, 9.17) is 15.2 Å². The molecule has 1 aliphatic carbocycles. The van der Waals surface area contributed by atoms with Crippen molar-refractivity contribution >= 4 is 17.6 Å². The van der Waals surface area contributed by atoms with E-state index in [0.717, 1.165) is 54.5 Å². The Kier molecular flexibility index (Phi) is 5.76. The minimum atomic E-state index is -0.294. The van der Waals surface area contributed by atoms with Gasteiger partial charge in [0.25, 0.3) is 0 Å². The maximum absolute atomic E-state index is 13.2. The molecule has 186 valence electrons. The van der Waals surface area contributed by atoms with Gasteiger partial charge in [-0.2, -0.15) is 15.1 Å². The highest BCUT2D eigenvalue weighted by Gasteiger charge is 2.29. The lowest BCUT2D eigenvalue weighted by atomic mass is 10.1. The Bertz CT molecular complexity index is 1350. The van der Waals surface area contributed by atoms with Crippen LogP contribution in [0.2, 0.25) is 0 Å². The molecule has 0 atom stereocenters. The van der Waals surface area contributed by atoms with Crippen LogP contribution in [0.3, 0.4) is 0 Å². The molecule has 2 aliphatic rings. The first-order chi connectivity index (χ1) is 17.5. The molecule has 0 radical (unpaired) electrons. The second kappa shape index (κ2) is 9.23. The third-order valence-corrected chi connectivity index (χ3v) is 6.70. The second-order valence-corrected chi connectivity index (χ2v) is 9.44. The molecule has 11 heteroatoms. The zero-order chi connectivity index (χ0) is 24.6. The zero-order valence-corrected chi connectivity index (χ0v) is 20.0. The lowest BCUT2D eigenvalue weighted by molar-refractivity contribution is 0.312. The lowest BCUT2D eigenvalue weighted by Gasteiger charge is -2.34. The van der Waals surface area contributed by atoms with Gasteiger partial charge in [0.05, 0.1) is 23.5 Å². The van der Waals surface area contributed by atoms with Crippen LogP contribution in [0, 0.1) is 5.82 Å². The first-order valence-corrected chi connectivity index (χ1v) is 12.2. The van der Waals surface area contributed by atoms with Gasteiger partial charge in [-0.1, -0.05) is 5.16 Å². The van der Waals surface area contributed by atoms with E-state index >= 15 is 0 Å². The zero-order valence-electron chi connectivity index (χ0n) is 20.0. The van der Waals surface area contributed by atoms with Crippen molar-refractivity contribution in [3.05, 3.63) is 53.7 Å². The summed E-state index contributed by atoms with van der Waals surface area (Å²) in [5.41, 5.74) is 10.6. The molecule has 0 bridgehead atoms. The van der Waals surface area contributed by atoms with Crippen LogP contribution in [0.25, 0.3) is 22.5 Å². The number of rotatable bonds is 7. The summed E-state index contributed by atoms with van der Waals surface area (Å²) >= 11 is 0. The summed E-state index contributed by atoms with van der Waals surface area (Å²) in [6.07, 6.45) is 2.35. The van der Waals surface area contributed by atoms with E-state index in [1.54, 1.807) is 12.1 Å². The fourth-order valence-corrected chi connectivity index (χ4v) is 4.42. The van der Waals surface area contributed by atoms with Crippen molar-refractivity contribution < 1.29 is 8.91 Å². The van der Waals surface area contributed by atoms with Crippen LogP contribution in [0.4, 0.5) is 22.0 Å². The fraction of sp³-hybridized carbons (Fsp3) is 0.360. The monoisotopic (exact) mass is 489 g/mol. The maximum atomic E-state index is 13.2. The summed E-state index contributed by atoms with van der Waals surface area (Å²) in [6, 6.07) is 10.0. The van der Waals surface area contributed by atoms with Crippen LogP contribution in [0.5, 0.6) is 0 Å². The van der Waals surface area contributed by atoms with Crippen molar-refractivity contribution in [2.45, 2.75) is 25.3 Å². The number of hydrogen-bond acceptors (Lipinski definition) is 9. The van der Waals surface area contributed by atoms with Crippen molar-refractivity contribution in [3.63, 3.8) is 0 Å². The highest BCUT2D eigenvalue weighted by molar-refractivity contribution is 5.83. The molecule has 1 aromatic carbocycles. The summed E-state index contributed by atoms with van der Waals surface area (Å²) in [5, 5.41) is 15.0. The number of hydrogen-bond donors (Lipinski definition) is 3. The van der Waals surface area contributed by atoms with Gasteiger partial charge in [0.1, 0.15) is 23.1 Å². The number of H-pyrrole nitrogens is 1. The number of halogens is 1. The van der Waals surface area contributed by atoms with Crippen molar-refractivity contribution in [2.75, 3.05) is 49.2 Å². The van der Waals surface area contributed by atoms with E-state index < -0.39 is 0 Å². The number of nitrogens with two attached hydrogens (primary N) is 1. The van der Waals surface area contributed by atoms with Gasteiger partial charge in [-0.15, -0.1) is 0 Å². The van der Waals surface area contributed by atoms with Gasteiger partial charge in [-0.05, 0) is 50.2 Å². The molecular formula is C25H28FN9O. The highest BCUT2D eigenvalue weighted by atomic mass is 19.1. The third kappa shape index (κ3) is 4.61. The first-order valence-electron chi connectivity index (χ1n) is 12.2. The van der Waals surface area contributed by atoms with Crippen LogP contribution in [-0.4, -0.2) is 63.4 Å². The fourth-order valence-electron chi connectivity index (χ4n) is 4.42. The second-order valence-electron chi connectivity index (χ2n) is 9.44. The minimum Gasteiger partial charge on any atom is -0.383 e. The van der Waals surface area contributed by atoms with Gasteiger partial charge in [0.2, 0.25) is 5.95 Å². The molecule has 1 saturated heterocycles. The van der Waals surface area contributed by atoms with Gasteiger partial charge in [-0.3, -0.25) is 5.10 Å². The molecule has 4 heterocycles. The molecule has 0 unspecified atom stereocenters. The SMILES string of the molecule is CN1CCN(c2nc(NCc3cc(-c4ccc(F)cc4)no3)nc(N)c2-c2cc(C3CC3)n[nH]2)CC1. The maximum Gasteiger partial charge on any atom is 0.227 e. The molecule has 3 aromatic heterocycles. The Labute approximate surface area is 207 Å². The predicted molar refractivity (Wildman–Crippen MR) is 135 cm³/mol. The Balaban J connectivity index is 1.26. The van der Waals surface area contributed by atoms with Crippen molar-refractivity contribution in [1.29, 1.82) is 0 Å². The first kappa shape index (κ1) is 22.5. The van der Waals surface area contributed by atoms with E-state index in [1.165, 1.54) is 25.0 Å². The summed E-state index contributed by atoms with van der Waals surface area (Å²) in [4.78, 5) is 14.0.